The third kappa shape index (κ3) is 7.42. The Morgan fingerprint density at radius 2 is 1.21 bits per heavy atom. The van der Waals surface area contributed by atoms with E-state index in [1.807, 2.05) is 78.9 Å². The van der Waals surface area contributed by atoms with Crippen LogP contribution in [-0.4, -0.2) is 57.0 Å². The molecule has 5 rings (SSSR count). The van der Waals surface area contributed by atoms with Gasteiger partial charge in [-0.3, -0.25) is 4.79 Å². The fraction of sp³-hybridized carbons (Fsp3) is 0.256. The lowest BCUT2D eigenvalue weighted by Crippen LogP contribution is -2.50. The Balaban J connectivity index is 1.74. The lowest BCUT2D eigenvalue weighted by molar-refractivity contribution is -0.167. The molecule has 0 heterocycles. The summed E-state index contributed by atoms with van der Waals surface area (Å²) in [6, 6.07) is 32.9. The Kier molecular flexibility index (Phi) is 10.9. The number of hydrogen-bond acceptors (Lipinski definition) is 9. The number of carbonyl (C=O) groups is 3. The zero-order valence-corrected chi connectivity index (χ0v) is 27.3. The molecule has 3 atom stereocenters. The van der Waals surface area contributed by atoms with Crippen molar-refractivity contribution in [3.8, 4) is 11.5 Å². The SMILES string of the molecule is CCOC(=O)C1=C[C@@H](OC(c2ccccc2)(c2ccc(OC)cc2)c2ccc(OC)cc2)[C@@H](OC(=O)c2ccccc2)[C@H](OC(C)=O)C1. The summed E-state index contributed by atoms with van der Waals surface area (Å²) in [7, 11) is 3.17. The summed E-state index contributed by atoms with van der Waals surface area (Å²) in [6.07, 6.45) is -1.77. The summed E-state index contributed by atoms with van der Waals surface area (Å²) in [4.78, 5) is 39.2. The summed E-state index contributed by atoms with van der Waals surface area (Å²) in [6.45, 7) is 3.10. The van der Waals surface area contributed by atoms with Gasteiger partial charge in [-0.15, -0.1) is 0 Å². The maximum atomic E-state index is 13.6. The molecule has 0 aromatic heterocycles. The average molecular weight is 651 g/mol. The van der Waals surface area contributed by atoms with E-state index in [0.29, 0.717) is 28.2 Å². The molecular weight excluding hydrogens is 612 g/mol. The molecule has 0 unspecified atom stereocenters. The molecule has 1 aliphatic carbocycles. The molecule has 0 amide bonds. The molecule has 0 radical (unpaired) electrons. The first-order chi connectivity index (χ1) is 23.3. The van der Waals surface area contributed by atoms with E-state index in [1.165, 1.54) is 6.92 Å². The minimum absolute atomic E-state index is 0.0472. The number of esters is 3. The molecule has 4 aromatic rings. The number of ether oxygens (including phenoxy) is 6. The minimum atomic E-state index is -1.35. The second kappa shape index (κ2) is 15.5. The van der Waals surface area contributed by atoms with Crippen LogP contribution in [0, 0.1) is 0 Å². The van der Waals surface area contributed by atoms with Gasteiger partial charge >= 0.3 is 17.9 Å². The van der Waals surface area contributed by atoms with Gasteiger partial charge in [-0.25, -0.2) is 9.59 Å². The van der Waals surface area contributed by atoms with Crippen LogP contribution in [0.15, 0.2) is 121 Å². The lowest BCUT2D eigenvalue weighted by atomic mass is 9.79. The zero-order valence-electron chi connectivity index (χ0n) is 27.3. The first-order valence-electron chi connectivity index (χ1n) is 15.6. The number of methoxy groups -OCH3 is 2. The molecule has 0 N–H and O–H groups in total. The monoisotopic (exact) mass is 650 g/mol. The highest BCUT2D eigenvalue weighted by Crippen LogP contribution is 2.44. The minimum Gasteiger partial charge on any atom is -0.497 e. The van der Waals surface area contributed by atoms with Crippen LogP contribution in [0.5, 0.6) is 11.5 Å². The van der Waals surface area contributed by atoms with E-state index in [1.54, 1.807) is 57.6 Å². The van der Waals surface area contributed by atoms with Crippen LogP contribution >= 0.6 is 0 Å². The molecule has 0 fully saturated rings. The molecule has 248 valence electrons. The second-order valence-electron chi connectivity index (χ2n) is 11.1. The van der Waals surface area contributed by atoms with Gasteiger partial charge in [-0.2, -0.15) is 0 Å². The van der Waals surface area contributed by atoms with Gasteiger partial charge in [0.1, 0.15) is 29.3 Å². The molecule has 1 aliphatic rings. The highest BCUT2D eigenvalue weighted by molar-refractivity contribution is 5.90. The van der Waals surface area contributed by atoms with Gasteiger partial charge < -0.3 is 28.4 Å². The fourth-order valence-corrected chi connectivity index (χ4v) is 5.85. The van der Waals surface area contributed by atoms with Crippen molar-refractivity contribution in [2.75, 3.05) is 20.8 Å². The Labute approximate surface area is 280 Å². The first-order valence-corrected chi connectivity index (χ1v) is 15.6. The van der Waals surface area contributed by atoms with Crippen molar-refractivity contribution in [3.05, 3.63) is 143 Å². The average Bonchev–Trinajstić information content (AvgIpc) is 3.12. The second-order valence-corrected chi connectivity index (χ2v) is 11.1. The van der Waals surface area contributed by atoms with Gasteiger partial charge in [-0.05, 0) is 66.1 Å². The number of benzene rings is 4. The Morgan fingerprint density at radius 3 is 1.71 bits per heavy atom. The third-order valence-corrected chi connectivity index (χ3v) is 8.07. The van der Waals surface area contributed by atoms with Crippen molar-refractivity contribution in [1.82, 2.24) is 0 Å². The number of hydrogen-bond donors (Lipinski definition) is 0. The quantitative estimate of drug-likeness (QED) is 0.0974. The Bertz CT molecular complexity index is 1670. The summed E-state index contributed by atoms with van der Waals surface area (Å²) in [5, 5.41) is 0. The lowest BCUT2D eigenvalue weighted by Gasteiger charge is -2.43. The van der Waals surface area contributed by atoms with Crippen LogP contribution < -0.4 is 9.47 Å². The van der Waals surface area contributed by atoms with Gasteiger partial charge in [-0.1, -0.05) is 72.8 Å². The predicted molar refractivity (Wildman–Crippen MR) is 178 cm³/mol. The summed E-state index contributed by atoms with van der Waals surface area (Å²) in [5.41, 5.74) is 1.36. The largest absolute Gasteiger partial charge is 0.497 e. The van der Waals surface area contributed by atoms with Crippen LogP contribution in [0.4, 0.5) is 0 Å². The fourth-order valence-electron chi connectivity index (χ4n) is 5.85. The molecule has 9 nitrogen and oxygen atoms in total. The van der Waals surface area contributed by atoms with Crippen molar-refractivity contribution >= 4 is 17.9 Å². The zero-order chi connectivity index (χ0) is 34.1. The van der Waals surface area contributed by atoms with Gasteiger partial charge in [0.15, 0.2) is 6.10 Å². The summed E-state index contributed by atoms with van der Waals surface area (Å²) < 4.78 is 35.5. The van der Waals surface area contributed by atoms with E-state index in [4.69, 9.17) is 28.4 Å². The van der Waals surface area contributed by atoms with Crippen molar-refractivity contribution in [3.63, 3.8) is 0 Å². The van der Waals surface area contributed by atoms with Crippen LogP contribution in [0.2, 0.25) is 0 Å². The van der Waals surface area contributed by atoms with Crippen LogP contribution in [0.25, 0.3) is 0 Å². The molecule has 0 spiro atoms. The predicted octanol–water partition coefficient (Wildman–Crippen LogP) is 6.43. The third-order valence-electron chi connectivity index (χ3n) is 8.07. The normalized spacial score (nSPS) is 17.4. The van der Waals surface area contributed by atoms with E-state index in [-0.39, 0.29) is 18.6 Å². The molecule has 0 saturated heterocycles. The molecule has 9 heteroatoms. The molecule has 0 bridgehead atoms. The Morgan fingerprint density at radius 1 is 0.688 bits per heavy atom. The standard InChI is InChI=1S/C39H38O9/c1-5-45-37(41)28-24-34(46-26(2)40)36(47-38(42)27-12-8-6-9-13-27)35(25-28)48-39(29-14-10-7-11-15-29,30-16-20-32(43-3)21-17-30)31-18-22-33(44-4)23-19-31/h6-23,25,34-36H,5,24H2,1-4H3/t34-,35-,36+/m1/s1. The number of carbonyl (C=O) groups excluding carboxylic acids is 3. The van der Waals surface area contributed by atoms with E-state index in [0.717, 1.165) is 5.56 Å². The van der Waals surface area contributed by atoms with E-state index < -0.39 is 41.8 Å². The molecular formula is C39H38O9. The van der Waals surface area contributed by atoms with E-state index in [9.17, 15) is 14.4 Å². The number of rotatable bonds is 12. The van der Waals surface area contributed by atoms with Gasteiger partial charge in [0.2, 0.25) is 0 Å². The van der Waals surface area contributed by atoms with Gasteiger partial charge in [0.25, 0.3) is 0 Å². The highest BCUT2D eigenvalue weighted by Gasteiger charge is 2.47. The van der Waals surface area contributed by atoms with E-state index >= 15 is 0 Å². The van der Waals surface area contributed by atoms with Gasteiger partial charge in [0, 0.05) is 18.9 Å². The summed E-state index contributed by atoms with van der Waals surface area (Å²) in [5.74, 6) is -0.553. The first kappa shape index (κ1) is 33.9. The van der Waals surface area contributed by atoms with Crippen LogP contribution in [0.3, 0.4) is 0 Å². The topological polar surface area (TPSA) is 107 Å². The van der Waals surface area contributed by atoms with Crippen molar-refractivity contribution in [2.45, 2.75) is 44.2 Å². The molecule has 48 heavy (non-hydrogen) atoms. The van der Waals surface area contributed by atoms with Crippen LogP contribution in [0.1, 0.15) is 47.3 Å². The van der Waals surface area contributed by atoms with Crippen LogP contribution in [-0.2, 0) is 34.1 Å². The van der Waals surface area contributed by atoms with Gasteiger partial charge in [0.05, 0.1) is 26.4 Å². The molecule has 0 aliphatic heterocycles. The summed E-state index contributed by atoms with van der Waals surface area (Å²) >= 11 is 0. The van der Waals surface area contributed by atoms with Crippen molar-refractivity contribution in [1.29, 1.82) is 0 Å². The highest BCUT2D eigenvalue weighted by atomic mass is 16.6. The maximum Gasteiger partial charge on any atom is 0.338 e. The molecule has 4 aromatic carbocycles. The Hall–Kier alpha value is -5.41. The van der Waals surface area contributed by atoms with Crippen molar-refractivity contribution in [2.24, 2.45) is 0 Å². The van der Waals surface area contributed by atoms with E-state index in [2.05, 4.69) is 0 Å². The van der Waals surface area contributed by atoms with Crippen molar-refractivity contribution < 1.29 is 42.8 Å². The maximum absolute atomic E-state index is 13.6. The molecule has 0 saturated carbocycles. The smallest absolute Gasteiger partial charge is 0.338 e.